The van der Waals surface area contributed by atoms with Crippen LogP contribution in [0.2, 0.25) is 0 Å². The molecule has 0 radical (unpaired) electrons. The molecule has 0 saturated carbocycles. The van der Waals surface area contributed by atoms with E-state index in [4.69, 9.17) is 14.2 Å². The number of benzene rings is 3. The number of methoxy groups -OCH3 is 2. The molecule has 14 heteroatoms. The Balaban J connectivity index is 1.45. The number of halogens is 2. The van der Waals surface area contributed by atoms with E-state index in [1.807, 2.05) is 30.3 Å². The normalized spacial score (nSPS) is 17.2. The molecule has 0 aliphatic carbocycles. The van der Waals surface area contributed by atoms with Crippen LogP contribution in [0.15, 0.2) is 85.1 Å². The van der Waals surface area contributed by atoms with Gasteiger partial charge in [0.2, 0.25) is 17.7 Å². The van der Waals surface area contributed by atoms with Gasteiger partial charge in [-0.15, -0.1) is 0 Å². The number of aromatic nitrogens is 1. The largest absolute Gasteiger partial charge is 0.490 e. The van der Waals surface area contributed by atoms with Crippen LogP contribution in [0.1, 0.15) is 49.9 Å². The van der Waals surface area contributed by atoms with Gasteiger partial charge in [0.05, 0.1) is 32.4 Å². The van der Waals surface area contributed by atoms with Gasteiger partial charge in [-0.3, -0.25) is 9.59 Å². The van der Waals surface area contributed by atoms with E-state index in [0.717, 1.165) is 16.7 Å². The lowest BCUT2D eigenvalue weighted by molar-refractivity contribution is -0.128. The molecular formula is C42H48F2N4O8. The third-order valence-corrected chi connectivity index (χ3v) is 9.78. The molecule has 0 unspecified atom stereocenters. The van der Waals surface area contributed by atoms with Crippen molar-refractivity contribution in [2.24, 2.45) is 11.3 Å². The van der Waals surface area contributed by atoms with E-state index in [2.05, 4.69) is 20.9 Å². The number of hydrogen-bond acceptors (Lipinski definition) is 9. The van der Waals surface area contributed by atoms with Crippen molar-refractivity contribution in [3.05, 3.63) is 113 Å². The Bertz CT molecular complexity index is 1970. The van der Waals surface area contributed by atoms with Gasteiger partial charge in [-0.2, -0.15) is 0 Å². The van der Waals surface area contributed by atoms with Gasteiger partial charge < -0.3 is 40.4 Å². The molecule has 0 saturated heterocycles. The number of alkyl carbamates (subject to hydrolysis) is 1. The monoisotopic (exact) mass is 774 g/mol. The summed E-state index contributed by atoms with van der Waals surface area (Å²) in [6.07, 6.45) is -2.08. The summed E-state index contributed by atoms with van der Waals surface area (Å²) in [7, 11) is 2.71. The molecule has 0 spiro atoms. The van der Waals surface area contributed by atoms with Gasteiger partial charge >= 0.3 is 6.09 Å². The molecule has 298 valence electrons. The van der Waals surface area contributed by atoms with Crippen LogP contribution in [0.25, 0.3) is 11.1 Å². The van der Waals surface area contributed by atoms with E-state index < -0.39 is 71.2 Å². The average molecular weight is 775 g/mol. The van der Waals surface area contributed by atoms with Gasteiger partial charge in [-0.1, -0.05) is 63.2 Å². The molecule has 5 rings (SSSR count). The molecule has 4 aromatic rings. The van der Waals surface area contributed by atoms with Crippen LogP contribution in [0, 0.1) is 23.0 Å². The summed E-state index contributed by atoms with van der Waals surface area (Å²) in [5.41, 5.74) is 2.08. The average Bonchev–Trinajstić information content (AvgIpc) is 3.18. The van der Waals surface area contributed by atoms with Gasteiger partial charge in [-0.25, -0.2) is 18.6 Å². The number of ether oxygens (including phenoxy) is 3. The number of fused-ring (bicyclic) bond motifs is 1. The highest BCUT2D eigenvalue weighted by Crippen LogP contribution is 2.34. The molecule has 1 aliphatic heterocycles. The minimum Gasteiger partial charge on any atom is -0.490 e. The minimum atomic E-state index is -1.39. The number of aliphatic hydroxyl groups is 2. The Morgan fingerprint density at radius 2 is 1.64 bits per heavy atom. The zero-order chi connectivity index (χ0) is 40.6. The lowest BCUT2D eigenvalue weighted by atomic mass is 9.85. The van der Waals surface area contributed by atoms with E-state index >= 15 is 4.39 Å². The molecule has 3 amide bonds. The van der Waals surface area contributed by atoms with Crippen molar-refractivity contribution < 1.29 is 47.6 Å². The number of rotatable bonds is 14. The lowest BCUT2D eigenvalue weighted by Gasteiger charge is -2.34. The minimum absolute atomic E-state index is 0.0997. The quantitative estimate of drug-likeness (QED) is 0.118. The number of hydrogen-bond donors (Lipinski definition) is 5. The molecule has 5 N–H and O–H groups in total. The SMILES string of the molecule is COC(=O)N[C@H](C(=O)N[C@@H](Cc1ccc(-c2ccc(OC)nc2)cc1)[C@@H](O)C[C@@H](Cc1ccccc1F)C(=O)N[C@H]1c2cc(F)ccc2OC[C@H]1O)C(C)(C)C. The predicted octanol–water partition coefficient (Wildman–Crippen LogP) is 5.05. The summed E-state index contributed by atoms with van der Waals surface area (Å²) in [6.45, 7) is 5.11. The summed E-state index contributed by atoms with van der Waals surface area (Å²) in [5.74, 6) is -2.73. The molecule has 3 aromatic carbocycles. The Kier molecular flexibility index (Phi) is 13.6. The molecule has 2 heterocycles. The lowest BCUT2D eigenvalue weighted by Crippen LogP contribution is -2.57. The van der Waals surface area contributed by atoms with Crippen LogP contribution >= 0.6 is 0 Å². The van der Waals surface area contributed by atoms with Crippen LogP contribution in [-0.2, 0) is 27.2 Å². The van der Waals surface area contributed by atoms with Gasteiger partial charge in [0.1, 0.15) is 36.1 Å². The maximum atomic E-state index is 15.1. The van der Waals surface area contributed by atoms with Crippen molar-refractivity contribution in [2.45, 2.75) is 70.4 Å². The van der Waals surface area contributed by atoms with Gasteiger partial charge in [-0.05, 0) is 71.7 Å². The fourth-order valence-electron chi connectivity index (χ4n) is 6.65. The third kappa shape index (κ3) is 10.6. The molecule has 6 atom stereocenters. The Morgan fingerprint density at radius 1 is 0.929 bits per heavy atom. The topological polar surface area (TPSA) is 168 Å². The second kappa shape index (κ2) is 18.4. The molecular weight excluding hydrogens is 726 g/mol. The first-order valence-corrected chi connectivity index (χ1v) is 18.2. The van der Waals surface area contributed by atoms with Crippen molar-refractivity contribution in [2.75, 3.05) is 20.8 Å². The zero-order valence-corrected chi connectivity index (χ0v) is 31.9. The van der Waals surface area contributed by atoms with Gasteiger partial charge in [0.25, 0.3) is 0 Å². The first kappa shape index (κ1) is 41.6. The number of carbonyl (C=O) groups is 3. The Labute approximate surface area is 324 Å². The van der Waals surface area contributed by atoms with Crippen molar-refractivity contribution in [3.63, 3.8) is 0 Å². The predicted molar refractivity (Wildman–Crippen MR) is 204 cm³/mol. The van der Waals surface area contributed by atoms with E-state index in [-0.39, 0.29) is 37.0 Å². The van der Waals surface area contributed by atoms with Crippen molar-refractivity contribution in [1.82, 2.24) is 20.9 Å². The summed E-state index contributed by atoms with van der Waals surface area (Å²) in [4.78, 5) is 44.6. The molecule has 1 aromatic heterocycles. The van der Waals surface area contributed by atoms with Crippen LogP contribution in [0.3, 0.4) is 0 Å². The second-order valence-corrected chi connectivity index (χ2v) is 14.9. The fourth-order valence-corrected chi connectivity index (χ4v) is 6.65. The van der Waals surface area contributed by atoms with E-state index in [0.29, 0.717) is 11.6 Å². The van der Waals surface area contributed by atoms with Crippen LogP contribution in [0.4, 0.5) is 13.6 Å². The standard InChI is InChI=1S/C42H48F2N4O8/c1-42(2,3)38(48-41(53)55-5)40(52)46-32(18-24-10-12-25(13-11-24)27-14-17-36(54-4)45-22-27)33(49)20-28(19-26-8-6-7-9-31(26)44)39(51)47-37-30-21-29(43)15-16-35(30)56-23-34(37)50/h6-17,21-22,28,32-34,37-38,49-50H,18-20,23H2,1-5H3,(H,46,52)(H,47,51)(H,48,53)/t28-,32+,33+,34-,37+,38-/m1/s1. The number of aliphatic hydroxyl groups excluding tert-OH is 2. The number of pyridine rings is 1. The number of carbonyl (C=O) groups excluding carboxylic acids is 3. The number of amides is 3. The van der Waals surface area contributed by atoms with Crippen LogP contribution < -0.4 is 25.4 Å². The van der Waals surface area contributed by atoms with Crippen LogP contribution in [-0.4, -0.2) is 78.2 Å². The maximum Gasteiger partial charge on any atom is 0.407 e. The number of nitrogens with one attached hydrogen (secondary N) is 3. The van der Waals surface area contributed by atoms with E-state index in [1.54, 1.807) is 39.1 Å². The highest BCUT2D eigenvalue weighted by atomic mass is 19.1. The maximum absolute atomic E-state index is 15.1. The van der Waals surface area contributed by atoms with E-state index in [1.165, 1.54) is 50.6 Å². The first-order chi connectivity index (χ1) is 26.7. The fraction of sp³-hybridized carbons (Fsp3) is 0.381. The summed E-state index contributed by atoms with van der Waals surface area (Å²) >= 11 is 0. The second-order valence-electron chi connectivity index (χ2n) is 14.9. The van der Waals surface area contributed by atoms with Gasteiger partial charge in [0, 0.05) is 29.3 Å². The van der Waals surface area contributed by atoms with Crippen LogP contribution in [0.5, 0.6) is 11.6 Å². The summed E-state index contributed by atoms with van der Waals surface area (Å²) < 4.78 is 44.8. The third-order valence-electron chi connectivity index (χ3n) is 9.78. The zero-order valence-electron chi connectivity index (χ0n) is 31.9. The van der Waals surface area contributed by atoms with Crippen molar-refractivity contribution >= 4 is 17.9 Å². The van der Waals surface area contributed by atoms with E-state index in [9.17, 15) is 29.0 Å². The molecule has 1 aliphatic rings. The molecule has 0 fully saturated rings. The Hall–Kier alpha value is -5.60. The van der Waals surface area contributed by atoms with Crippen molar-refractivity contribution in [3.8, 4) is 22.8 Å². The highest BCUT2D eigenvalue weighted by Gasteiger charge is 2.38. The summed E-state index contributed by atoms with van der Waals surface area (Å²) in [6, 6.07) is 17.6. The van der Waals surface area contributed by atoms with Crippen molar-refractivity contribution in [1.29, 1.82) is 0 Å². The van der Waals surface area contributed by atoms with Gasteiger partial charge in [0.15, 0.2) is 0 Å². The number of nitrogens with zero attached hydrogens (tertiary/aromatic N) is 1. The first-order valence-electron chi connectivity index (χ1n) is 18.2. The Morgan fingerprint density at radius 3 is 2.29 bits per heavy atom. The molecule has 12 nitrogen and oxygen atoms in total. The smallest absolute Gasteiger partial charge is 0.407 e. The molecule has 0 bridgehead atoms. The highest BCUT2D eigenvalue weighted by molar-refractivity contribution is 5.86. The summed E-state index contributed by atoms with van der Waals surface area (Å²) in [5, 5.41) is 31.1. The molecule has 56 heavy (non-hydrogen) atoms.